The van der Waals surface area contributed by atoms with Gasteiger partial charge in [0.05, 0.1) is 31.1 Å². The van der Waals surface area contributed by atoms with Crippen LogP contribution in [0.3, 0.4) is 0 Å². The van der Waals surface area contributed by atoms with Gasteiger partial charge in [0.25, 0.3) is 0 Å². The molecule has 2 fully saturated rings. The minimum Gasteiger partial charge on any atom is -0.462 e. The summed E-state index contributed by atoms with van der Waals surface area (Å²) in [5.74, 6) is -0.106. The standard InChI is InChI=1S/C18H24N2O5/c1-2-23-16(21)14-5-3-4-6-15(14)19-18(22)20-9-7-13(8-10-20)17-24-11-12-25-17/h3-6,13,17H,2,7-12H2,1H3,(H,19,22). The van der Waals surface area contributed by atoms with Gasteiger partial charge in [0.2, 0.25) is 0 Å². The van der Waals surface area contributed by atoms with Crippen LogP contribution in [-0.4, -0.2) is 56.1 Å². The van der Waals surface area contributed by atoms with Crippen LogP contribution < -0.4 is 5.32 Å². The maximum atomic E-state index is 12.5. The molecule has 25 heavy (non-hydrogen) atoms. The lowest BCUT2D eigenvalue weighted by atomic mass is 9.96. The zero-order chi connectivity index (χ0) is 17.6. The van der Waals surface area contributed by atoms with Crippen molar-refractivity contribution in [3.63, 3.8) is 0 Å². The highest BCUT2D eigenvalue weighted by molar-refractivity contribution is 6.00. The number of hydrogen-bond acceptors (Lipinski definition) is 5. The van der Waals surface area contributed by atoms with Crippen molar-refractivity contribution >= 4 is 17.7 Å². The van der Waals surface area contributed by atoms with Gasteiger partial charge >= 0.3 is 12.0 Å². The Bertz CT molecular complexity index is 607. The van der Waals surface area contributed by atoms with Gasteiger partial charge < -0.3 is 24.4 Å². The SMILES string of the molecule is CCOC(=O)c1ccccc1NC(=O)N1CCC(C2OCCO2)CC1. The molecule has 0 radical (unpaired) electrons. The van der Waals surface area contributed by atoms with E-state index in [1.54, 1.807) is 36.1 Å². The zero-order valence-corrected chi connectivity index (χ0v) is 14.4. The highest BCUT2D eigenvalue weighted by Gasteiger charge is 2.32. The number of ether oxygens (including phenoxy) is 3. The predicted molar refractivity (Wildman–Crippen MR) is 91.4 cm³/mol. The number of nitrogens with one attached hydrogen (secondary N) is 1. The van der Waals surface area contributed by atoms with E-state index in [0.717, 1.165) is 12.8 Å². The molecule has 136 valence electrons. The van der Waals surface area contributed by atoms with Crippen LogP contribution in [0.1, 0.15) is 30.1 Å². The highest BCUT2D eigenvalue weighted by Crippen LogP contribution is 2.26. The number of nitrogens with zero attached hydrogens (tertiary/aromatic N) is 1. The molecule has 1 N–H and O–H groups in total. The summed E-state index contributed by atoms with van der Waals surface area (Å²) >= 11 is 0. The average molecular weight is 348 g/mol. The third-order valence-corrected chi connectivity index (χ3v) is 4.52. The quantitative estimate of drug-likeness (QED) is 0.846. The van der Waals surface area contributed by atoms with Gasteiger partial charge in [0.1, 0.15) is 0 Å². The molecular weight excluding hydrogens is 324 g/mol. The highest BCUT2D eigenvalue weighted by atomic mass is 16.7. The molecule has 0 bridgehead atoms. The van der Waals surface area contributed by atoms with Crippen molar-refractivity contribution in [1.82, 2.24) is 4.90 Å². The summed E-state index contributed by atoms with van der Waals surface area (Å²) in [7, 11) is 0. The van der Waals surface area contributed by atoms with Crippen LogP contribution in [-0.2, 0) is 14.2 Å². The van der Waals surface area contributed by atoms with Crippen molar-refractivity contribution in [3.8, 4) is 0 Å². The van der Waals surface area contributed by atoms with E-state index < -0.39 is 5.97 Å². The number of carbonyl (C=O) groups is 2. The van der Waals surface area contributed by atoms with Crippen molar-refractivity contribution in [2.24, 2.45) is 5.92 Å². The van der Waals surface area contributed by atoms with Gasteiger partial charge in [-0.3, -0.25) is 0 Å². The number of benzene rings is 1. The first kappa shape index (κ1) is 17.7. The Morgan fingerprint density at radius 1 is 1.20 bits per heavy atom. The first-order chi connectivity index (χ1) is 12.2. The Balaban J connectivity index is 1.57. The molecular formula is C18H24N2O5. The van der Waals surface area contributed by atoms with Crippen molar-refractivity contribution < 1.29 is 23.8 Å². The number of piperidine rings is 1. The summed E-state index contributed by atoms with van der Waals surface area (Å²) in [6, 6.07) is 6.67. The molecule has 1 aromatic carbocycles. The van der Waals surface area contributed by atoms with Crippen LogP contribution in [0.4, 0.5) is 10.5 Å². The Morgan fingerprint density at radius 2 is 1.88 bits per heavy atom. The first-order valence-electron chi connectivity index (χ1n) is 8.74. The van der Waals surface area contributed by atoms with Crippen molar-refractivity contribution in [2.75, 3.05) is 38.2 Å². The van der Waals surface area contributed by atoms with Gasteiger partial charge in [-0.05, 0) is 31.9 Å². The molecule has 0 spiro atoms. The number of amides is 2. The van der Waals surface area contributed by atoms with E-state index in [1.807, 2.05) is 0 Å². The van der Waals surface area contributed by atoms with Crippen molar-refractivity contribution in [3.05, 3.63) is 29.8 Å². The maximum absolute atomic E-state index is 12.5. The monoisotopic (exact) mass is 348 g/mol. The second kappa shape index (κ2) is 8.31. The van der Waals surface area contributed by atoms with E-state index in [1.165, 1.54) is 0 Å². The number of esters is 1. The fourth-order valence-corrected chi connectivity index (χ4v) is 3.20. The third kappa shape index (κ3) is 4.29. The molecule has 3 rings (SSSR count). The van der Waals surface area contributed by atoms with Gasteiger partial charge in [-0.1, -0.05) is 12.1 Å². The molecule has 0 unspecified atom stereocenters. The summed E-state index contributed by atoms with van der Waals surface area (Å²) in [4.78, 5) is 26.3. The largest absolute Gasteiger partial charge is 0.462 e. The number of anilines is 1. The van der Waals surface area contributed by atoms with E-state index in [2.05, 4.69) is 5.32 Å². The van der Waals surface area contributed by atoms with Gasteiger partial charge in [0, 0.05) is 19.0 Å². The van der Waals surface area contributed by atoms with E-state index in [4.69, 9.17) is 14.2 Å². The predicted octanol–water partition coefficient (Wildman–Crippen LogP) is 2.48. The summed E-state index contributed by atoms with van der Waals surface area (Å²) in [5.41, 5.74) is 0.830. The maximum Gasteiger partial charge on any atom is 0.340 e. The second-order valence-electron chi connectivity index (χ2n) is 6.13. The van der Waals surface area contributed by atoms with Gasteiger partial charge in [0.15, 0.2) is 6.29 Å². The number of hydrogen-bond donors (Lipinski definition) is 1. The van der Waals surface area contributed by atoms with Crippen LogP contribution in [0, 0.1) is 5.92 Å². The summed E-state index contributed by atoms with van der Waals surface area (Å²) < 4.78 is 16.1. The summed E-state index contributed by atoms with van der Waals surface area (Å²) in [6.07, 6.45) is 1.56. The van der Waals surface area contributed by atoms with Crippen LogP contribution >= 0.6 is 0 Å². The molecule has 2 aliphatic heterocycles. The van der Waals surface area contributed by atoms with E-state index in [9.17, 15) is 9.59 Å². The Labute approximate surface area is 147 Å². The lowest BCUT2D eigenvalue weighted by molar-refractivity contribution is -0.0950. The molecule has 1 aromatic rings. The minimum absolute atomic E-state index is 0.130. The van der Waals surface area contributed by atoms with E-state index in [-0.39, 0.29) is 12.3 Å². The molecule has 0 aromatic heterocycles. The number of para-hydroxylation sites is 1. The van der Waals surface area contributed by atoms with Crippen LogP contribution in [0.2, 0.25) is 0 Å². The molecule has 0 atom stereocenters. The van der Waals surface area contributed by atoms with Gasteiger partial charge in [-0.2, -0.15) is 0 Å². The normalized spacial score (nSPS) is 19.0. The first-order valence-corrected chi connectivity index (χ1v) is 8.74. The third-order valence-electron chi connectivity index (χ3n) is 4.52. The van der Waals surface area contributed by atoms with Gasteiger partial charge in [-0.15, -0.1) is 0 Å². The van der Waals surface area contributed by atoms with Crippen LogP contribution in [0.15, 0.2) is 24.3 Å². The Kier molecular flexibility index (Phi) is 5.88. The molecule has 0 aliphatic carbocycles. The van der Waals surface area contributed by atoms with Crippen molar-refractivity contribution in [2.45, 2.75) is 26.1 Å². The number of rotatable bonds is 4. The molecule has 2 aliphatic rings. The fourth-order valence-electron chi connectivity index (χ4n) is 3.20. The molecule has 2 amide bonds. The summed E-state index contributed by atoms with van der Waals surface area (Å²) in [6.45, 7) is 4.62. The van der Waals surface area contributed by atoms with E-state index in [0.29, 0.717) is 50.1 Å². The van der Waals surface area contributed by atoms with Gasteiger partial charge in [-0.25, -0.2) is 9.59 Å². The molecule has 2 heterocycles. The minimum atomic E-state index is -0.437. The topological polar surface area (TPSA) is 77.1 Å². The lowest BCUT2D eigenvalue weighted by Gasteiger charge is -2.33. The van der Waals surface area contributed by atoms with E-state index >= 15 is 0 Å². The zero-order valence-electron chi connectivity index (χ0n) is 14.4. The Morgan fingerprint density at radius 3 is 2.56 bits per heavy atom. The number of likely N-dealkylation sites (tertiary alicyclic amines) is 1. The number of urea groups is 1. The van der Waals surface area contributed by atoms with Crippen molar-refractivity contribution in [1.29, 1.82) is 0 Å². The molecule has 7 heteroatoms. The average Bonchev–Trinajstić information content (AvgIpc) is 3.17. The smallest absolute Gasteiger partial charge is 0.340 e. The van der Waals surface area contributed by atoms with Crippen LogP contribution in [0.5, 0.6) is 0 Å². The lowest BCUT2D eigenvalue weighted by Crippen LogP contribution is -2.43. The Hall–Kier alpha value is -2.12. The number of carbonyl (C=O) groups excluding carboxylic acids is 2. The second-order valence-corrected chi connectivity index (χ2v) is 6.13. The molecule has 7 nitrogen and oxygen atoms in total. The van der Waals surface area contributed by atoms with Crippen LogP contribution in [0.25, 0.3) is 0 Å². The summed E-state index contributed by atoms with van der Waals surface area (Å²) in [5, 5.41) is 2.83. The molecule has 0 saturated carbocycles. The molecule has 2 saturated heterocycles. The fraction of sp³-hybridized carbons (Fsp3) is 0.556.